The molecule has 1 aromatic heterocycles. The number of rotatable bonds is 11. The fraction of sp³-hybridized carbons (Fsp3) is 0.522. The Balaban J connectivity index is 1.80. The Bertz CT molecular complexity index is 1230. The summed E-state index contributed by atoms with van der Waals surface area (Å²) in [6.45, 7) is 4.06. The molecule has 0 bridgehead atoms. The number of hydrogen-bond donors (Lipinski definition) is 6. The standard InChI is InChI=1S/C23H32N4O8S/c1-12(2)9-16(26-22(30)17-11-14-15(25-17)5-4-6-19(14)35-3)21(29)27-18(23(31)36(32,33)34)10-13-7-8-24-20(13)28/h4-6,11-13,16,18,23,25,31H,7-10H2,1-3H3,(H,24,28)(H,26,30)(H,27,29)(H,32,33,34)/t13-,16-,18-,23?/m0/s1. The van der Waals surface area contributed by atoms with Gasteiger partial charge in [-0.2, -0.15) is 8.42 Å². The Morgan fingerprint density at radius 3 is 2.56 bits per heavy atom. The van der Waals surface area contributed by atoms with Gasteiger partial charge in [-0.15, -0.1) is 0 Å². The predicted molar refractivity (Wildman–Crippen MR) is 131 cm³/mol. The van der Waals surface area contributed by atoms with Crippen LogP contribution in [0, 0.1) is 11.8 Å². The zero-order valence-electron chi connectivity index (χ0n) is 20.3. The zero-order chi connectivity index (χ0) is 26.6. The third-order valence-electron chi connectivity index (χ3n) is 6.10. The van der Waals surface area contributed by atoms with E-state index in [1.165, 1.54) is 7.11 Å². The van der Waals surface area contributed by atoms with E-state index in [4.69, 9.17) is 4.74 Å². The molecular weight excluding hydrogens is 492 g/mol. The second kappa shape index (κ2) is 11.3. The minimum atomic E-state index is -4.94. The number of hydrogen-bond acceptors (Lipinski definition) is 7. The van der Waals surface area contributed by atoms with Crippen LogP contribution in [0.3, 0.4) is 0 Å². The van der Waals surface area contributed by atoms with E-state index in [0.717, 1.165) is 0 Å². The molecule has 12 nitrogen and oxygen atoms in total. The SMILES string of the molecule is COc1cccc2[nH]c(C(=O)N[C@@H](CC(C)C)C(=O)N[C@@H](C[C@@H]3CCNC3=O)C(O)S(=O)(=O)O)cc12. The van der Waals surface area contributed by atoms with Crippen LogP contribution in [-0.4, -0.2) is 72.0 Å². The van der Waals surface area contributed by atoms with Crippen molar-refractivity contribution in [2.45, 2.75) is 50.6 Å². The van der Waals surface area contributed by atoms with Gasteiger partial charge in [0.1, 0.15) is 17.5 Å². The van der Waals surface area contributed by atoms with Crippen molar-refractivity contribution in [3.05, 3.63) is 30.0 Å². The normalized spacial score (nSPS) is 18.5. The van der Waals surface area contributed by atoms with Crippen molar-refractivity contribution in [2.75, 3.05) is 13.7 Å². The molecule has 4 atom stereocenters. The molecule has 1 aliphatic heterocycles. The van der Waals surface area contributed by atoms with E-state index in [2.05, 4.69) is 20.9 Å². The van der Waals surface area contributed by atoms with Crippen molar-refractivity contribution in [1.82, 2.24) is 20.9 Å². The highest BCUT2D eigenvalue weighted by atomic mass is 32.2. The van der Waals surface area contributed by atoms with Crippen molar-refractivity contribution in [1.29, 1.82) is 0 Å². The van der Waals surface area contributed by atoms with Crippen LogP contribution in [0.1, 0.15) is 43.6 Å². The molecule has 1 aliphatic rings. The number of methoxy groups -OCH3 is 1. The van der Waals surface area contributed by atoms with E-state index in [0.29, 0.717) is 29.6 Å². The first-order chi connectivity index (χ1) is 16.9. The number of carbonyl (C=O) groups is 3. The maximum absolute atomic E-state index is 13.2. The van der Waals surface area contributed by atoms with Crippen LogP contribution < -0.4 is 20.7 Å². The molecule has 3 rings (SSSR count). The minimum Gasteiger partial charge on any atom is -0.496 e. The highest BCUT2D eigenvalue weighted by Crippen LogP contribution is 2.26. The number of H-pyrrole nitrogens is 1. The summed E-state index contributed by atoms with van der Waals surface area (Å²) in [5.41, 5.74) is -1.49. The summed E-state index contributed by atoms with van der Waals surface area (Å²) in [5.74, 6) is -1.77. The average molecular weight is 525 g/mol. The van der Waals surface area contributed by atoms with Gasteiger partial charge >= 0.3 is 0 Å². The van der Waals surface area contributed by atoms with E-state index in [9.17, 15) is 32.5 Å². The lowest BCUT2D eigenvalue weighted by molar-refractivity contribution is -0.126. The topological polar surface area (TPSA) is 187 Å². The zero-order valence-corrected chi connectivity index (χ0v) is 21.1. The smallest absolute Gasteiger partial charge is 0.294 e. The van der Waals surface area contributed by atoms with Crippen molar-refractivity contribution in [2.24, 2.45) is 11.8 Å². The van der Waals surface area contributed by atoms with Crippen molar-refractivity contribution in [3.8, 4) is 5.75 Å². The Labute approximate surface area is 208 Å². The van der Waals surface area contributed by atoms with Gasteiger partial charge in [-0.1, -0.05) is 19.9 Å². The van der Waals surface area contributed by atoms with Crippen LogP contribution in [0.2, 0.25) is 0 Å². The highest BCUT2D eigenvalue weighted by molar-refractivity contribution is 7.86. The summed E-state index contributed by atoms with van der Waals surface area (Å²) in [4.78, 5) is 41.1. The molecule has 0 radical (unpaired) electrons. The average Bonchev–Trinajstić information content (AvgIpc) is 3.42. The Morgan fingerprint density at radius 1 is 1.25 bits per heavy atom. The monoisotopic (exact) mass is 524 g/mol. The van der Waals surface area contributed by atoms with Crippen molar-refractivity contribution >= 4 is 38.7 Å². The van der Waals surface area contributed by atoms with Gasteiger partial charge in [0, 0.05) is 23.4 Å². The lowest BCUT2D eigenvalue weighted by Crippen LogP contribution is -2.54. The summed E-state index contributed by atoms with van der Waals surface area (Å²) in [5, 5.41) is 18.6. The van der Waals surface area contributed by atoms with Crippen LogP contribution in [0.25, 0.3) is 10.9 Å². The number of aliphatic hydroxyl groups excluding tert-OH is 1. The predicted octanol–water partition coefficient (Wildman–Crippen LogP) is 0.538. The fourth-order valence-corrected chi connectivity index (χ4v) is 4.87. The number of aliphatic hydroxyl groups is 1. The van der Waals surface area contributed by atoms with Gasteiger partial charge in [0.2, 0.25) is 17.3 Å². The molecule has 1 aromatic carbocycles. The molecule has 0 spiro atoms. The number of nitrogens with one attached hydrogen (secondary N) is 4. The molecule has 36 heavy (non-hydrogen) atoms. The van der Waals surface area contributed by atoms with Gasteiger partial charge in [-0.05, 0) is 43.4 Å². The number of ether oxygens (including phenoxy) is 1. The second-order valence-corrected chi connectivity index (χ2v) is 10.8. The van der Waals surface area contributed by atoms with Crippen LogP contribution in [0.4, 0.5) is 0 Å². The molecule has 13 heteroatoms. The van der Waals surface area contributed by atoms with Gasteiger partial charge in [0.15, 0.2) is 0 Å². The first kappa shape index (κ1) is 27.4. The molecule has 3 amide bonds. The van der Waals surface area contributed by atoms with Crippen molar-refractivity contribution < 1.29 is 37.2 Å². The summed E-state index contributed by atoms with van der Waals surface area (Å²) in [7, 11) is -3.43. The summed E-state index contributed by atoms with van der Waals surface area (Å²) in [6, 6.07) is 4.33. The van der Waals surface area contributed by atoms with Crippen LogP contribution >= 0.6 is 0 Å². The molecular formula is C23H32N4O8S. The number of aromatic nitrogens is 1. The molecule has 2 heterocycles. The summed E-state index contributed by atoms with van der Waals surface area (Å²) < 4.78 is 38.0. The van der Waals surface area contributed by atoms with E-state index < -0.39 is 45.4 Å². The molecule has 6 N–H and O–H groups in total. The first-order valence-electron chi connectivity index (χ1n) is 11.6. The lowest BCUT2D eigenvalue weighted by Gasteiger charge is -2.27. The van der Waals surface area contributed by atoms with Gasteiger partial charge in [0.05, 0.1) is 13.2 Å². The molecule has 198 valence electrons. The lowest BCUT2D eigenvalue weighted by atomic mass is 9.97. The fourth-order valence-electron chi connectivity index (χ4n) is 4.28. The first-order valence-corrected chi connectivity index (χ1v) is 13.1. The van der Waals surface area contributed by atoms with Crippen LogP contribution in [0.15, 0.2) is 24.3 Å². The molecule has 2 aromatic rings. The number of carbonyl (C=O) groups excluding carboxylic acids is 3. The third-order valence-corrected chi connectivity index (χ3v) is 7.03. The van der Waals surface area contributed by atoms with Crippen molar-refractivity contribution in [3.63, 3.8) is 0 Å². The number of aromatic amines is 1. The number of benzene rings is 1. The minimum absolute atomic E-state index is 0.0329. The molecule has 0 saturated carbocycles. The Kier molecular flexibility index (Phi) is 8.59. The summed E-state index contributed by atoms with van der Waals surface area (Å²) >= 11 is 0. The van der Waals surface area contributed by atoms with Gasteiger partial charge in [-0.3, -0.25) is 18.9 Å². The maximum atomic E-state index is 13.2. The maximum Gasteiger partial charge on any atom is 0.294 e. The Morgan fingerprint density at radius 2 is 1.97 bits per heavy atom. The highest BCUT2D eigenvalue weighted by Gasteiger charge is 2.38. The van der Waals surface area contributed by atoms with Crippen LogP contribution in [-0.2, 0) is 19.7 Å². The van der Waals surface area contributed by atoms with Gasteiger partial charge in [-0.25, -0.2) is 0 Å². The Hall–Kier alpha value is -3.16. The molecule has 0 aliphatic carbocycles. The van der Waals surface area contributed by atoms with Gasteiger partial charge < -0.3 is 30.8 Å². The van der Waals surface area contributed by atoms with E-state index >= 15 is 0 Å². The van der Waals surface area contributed by atoms with Gasteiger partial charge in [0.25, 0.3) is 16.0 Å². The molecule has 1 fully saturated rings. The number of fused-ring (bicyclic) bond motifs is 1. The third kappa shape index (κ3) is 6.53. The summed E-state index contributed by atoms with van der Waals surface area (Å²) in [6.07, 6.45) is 0.391. The number of amides is 3. The largest absolute Gasteiger partial charge is 0.496 e. The molecule has 1 saturated heterocycles. The van der Waals surface area contributed by atoms with Crippen LogP contribution in [0.5, 0.6) is 5.75 Å². The van der Waals surface area contributed by atoms with E-state index in [1.807, 2.05) is 13.8 Å². The van der Waals surface area contributed by atoms with E-state index in [1.54, 1.807) is 24.3 Å². The van der Waals surface area contributed by atoms with E-state index in [-0.39, 0.29) is 30.4 Å². The quantitative estimate of drug-likeness (QED) is 0.230. The second-order valence-electron chi connectivity index (χ2n) is 9.29. The molecule has 1 unspecified atom stereocenters.